The molecule has 0 N–H and O–H groups in total. The number of nitrogens with zero attached hydrogens (tertiary/aromatic N) is 2. The Bertz CT molecular complexity index is 2310. The first-order valence-electron chi connectivity index (χ1n) is 13.6. The highest BCUT2D eigenvalue weighted by molar-refractivity contribution is 6.07. The molecule has 0 amide bonds. The number of nitriles is 2. The monoisotopic (exact) mass is 536 g/mol. The van der Waals surface area contributed by atoms with Crippen molar-refractivity contribution in [3.63, 3.8) is 0 Å². The molecule has 2 aromatic heterocycles. The zero-order valence-corrected chi connectivity index (χ0v) is 22.3. The first-order valence-corrected chi connectivity index (χ1v) is 13.6. The van der Waals surface area contributed by atoms with Crippen molar-refractivity contribution in [2.45, 2.75) is 0 Å². The van der Waals surface area contributed by atoms with E-state index in [1.54, 1.807) is 6.07 Å². The zero-order chi connectivity index (χ0) is 28.2. The van der Waals surface area contributed by atoms with E-state index in [2.05, 4.69) is 66.7 Å². The molecular formula is C38H20N2O2. The van der Waals surface area contributed by atoms with E-state index in [1.807, 2.05) is 60.7 Å². The largest absolute Gasteiger partial charge is 0.456 e. The number of rotatable bonds is 3. The van der Waals surface area contributed by atoms with Crippen molar-refractivity contribution >= 4 is 43.9 Å². The highest BCUT2D eigenvalue weighted by atomic mass is 16.3. The van der Waals surface area contributed by atoms with Crippen molar-refractivity contribution in [1.29, 1.82) is 10.5 Å². The molecule has 8 aromatic rings. The third-order valence-electron chi connectivity index (χ3n) is 7.96. The smallest absolute Gasteiger partial charge is 0.135 e. The van der Waals surface area contributed by atoms with Gasteiger partial charge in [0.15, 0.2) is 0 Å². The molecule has 0 saturated heterocycles. The third-order valence-corrected chi connectivity index (χ3v) is 7.96. The van der Waals surface area contributed by atoms with Crippen molar-refractivity contribution in [2.24, 2.45) is 0 Å². The summed E-state index contributed by atoms with van der Waals surface area (Å²) in [5, 5.41) is 24.0. The van der Waals surface area contributed by atoms with Crippen LogP contribution in [-0.4, -0.2) is 0 Å². The molecule has 0 radical (unpaired) electrons. The summed E-state index contributed by atoms with van der Waals surface area (Å²) in [5.41, 5.74) is 9.76. The van der Waals surface area contributed by atoms with Gasteiger partial charge in [0.1, 0.15) is 34.5 Å². The lowest BCUT2D eigenvalue weighted by Gasteiger charge is -2.13. The van der Waals surface area contributed by atoms with E-state index in [0.29, 0.717) is 11.1 Å². The molecule has 0 saturated carbocycles. The molecule has 8 rings (SSSR count). The van der Waals surface area contributed by atoms with E-state index in [0.717, 1.165) is 77.3 Å². The van der Waals surface area contributed by atoms with Crippen molar-refractivity contribution < 1.29 is 8.83 Å². The van der Waals surface area contributed by atoms with Gasteiger partial charge in [0, 0.05) is 27.1 Å². The summed E-state index contributed by atoms with van der Waals surface area (Å²) in [6.07, 6.45) is 0. The van der Waals surface area contributed by atoms with Crippen molar-refractivity contribution in [3.8, 4) is 45.5 Å². The molecule has 4 nitrogen and oxygen atoms in total. The van der Waals surface area contributed by atoms with E-state index in [4.69, 9.17) is 8.83 Å². The second kappa shape index (κ2) is 9.24. The summed E-state index contributed by atoms with van der Waals surface area (Å²) in [6, 6.07) is 44.8. The molecule has 0 unspecified atom stereocenters. The van der Waals surface area contributed by atoms with Crippen LogP contribution >= 0.6 is 0 Å². The van der Waals surface area contributed by atoms with Crippen LogP contribution in [0.3, 0.4) is 0 Å². The molecule has 0 aliphatic carbocycles. The second-order valence-electron chi connectivity index (χ2n) is 10.4. The summed E-state index contributed by atoms with van der Waals surface area (Å²) in [5.74, 6) is 0. The van der Waals surface area contributed by atoms with E-state index in [-0.39, 0.29) is 0 Å². The number of furan rings is 2. The number of fused-ring (bicyclic) bond motifs is 6. The first-order chi connectivity index (χ1) is 20.7. The lowest BCUT2D eigenvalue weighted by molar-refractivity contribution is 0.668. The molecule has 0 aliphatic rings. The van der Waals surface area contributed by atoms with Gasteiger partial charge in [-0.3, -0.25) is 0 Å². The Morgan fingerprint density at radius 1 is 0.405 bits per heavy atom. The Hall–Kier alpha value is -6.10. The van der Waals surface area contributed by atoms with Gasteiger partial charge in [-0.15, -0.1) is 0 Å². The van der Waals surface area contributed by atoms with Crippen LogP contribution in [-0.2, 0) is 0 Å². The maximum absolute atomic E-state index is 10.0. The molecule has 0 aliphatic heterocycles. The minimum atomic E-state index is 0.361. The standard InChI is InChI=1S/C38H20N2O2/c39-21-25-6-5-9-29(34(25)22-40)28-17-26(23-12-14-37-32(19-23)30-7-1-3-10-35(30)41-37)16-27(18-28)24-13-15-38-33(20-24)31-8-2-4-11-36(31)42-38/h1-20H. The minimum Gasteiger partial charge on any atom is -0.456 e. The second-order valence-corrected chi connectivity index (χ2v) is 10.4. The van der Waals surface area contributed by atoms with E-state index in [1.165, 1.54) is 0 Å². The fraction of sp³-hybridized carbons (Fsp3) is 0. The van der Waals surface area contributed by atoms with E-state index < -0.39 is 0 Å². The topological polar surface area (TPSA) is 73.9 Å². The van der Waals surface area contributed by atoms with Gasteiger partial charge in [-0.1, -0.05) is 60.7 Å². The third kappa shape index (κ3) is 3.68. The summed E-state index contributed by atoms with van der Waals surface area (Å²) >= 11 is 0. The summed E-state index contributed by atoms with van der Waals surface area (Å²) in [7, 11) is 0. The van der Waals surface area contributed by atoms with Gasteiger partial charge in [-0.2, -0.15) is 10.5 Å². The highest BCUT2D eigenvalue weighted by Crippen LogP contribution is 2.39. The lowest BCUT2D eigenvalue weighted by atomic mass is 9.90. The Kier molecular flexibility index (Phi) is 5.22. The predicted molar refractivity (Wildman–Crippen MR) is 167 cm³/mol. The average molecular weight is 537 g/mol. The predicted octanol–water partition coefficient (Wildman–Crippen LogP) is 10.2. The van der Waals surface area contributed by atoms with E-state index >= 15 is 0 Å². The fourth-order valence-electron chi connectivity index (χ4n) is 5.93. The molecular weight excluding hydrogens is 516 g/mol. The number of hydrogen-bond acceptors (Lipinski definition) is 4. The fourth-order valence-corrected chi connectivity index (χ4v) is 5.93. The highest BCUT2D eigenvalue weighted by Gasteiger charge is 2.15. The molecule has 194 valence electrons. The number of benzene rings is 6. The molecule has 0 fully saturated rings. The van der Waals surface area contributed by atoms with E-state index in [9.17, 15) is 10.5 Å². The zero-order valence-electron chi connectivity index (χ0n) is 22.3. The van der Waals surface area contributed by atoms with Gasteiger partial charge in [0.05, 0.1) is 11.1 Å². The van der Waals surface area contributed by atoms with Crippen LogP contribution < -0.4 is 0 Å². The lowest BCUT2D eigenvalue weighted by Crippen LogP contribution is -1.91. The molecule has 4 heteroatoms. The van der Waals surface area contributed by atoms with Crippen LogP contribution in [0.15, 0.2) is 130 Å². The minimum absolute atomic E-state index is 0.361. The van der Waals surface area contributed by atoms with Gasteiger partial charge in [-0.25, -0.2) is 0 Å². The van der Waals surface area contributed by atoms with Gasteiger partial charge < -0.3 is 8.83 Å². The Labute approximate surface area is 240 Å². The molecule has 0 bridgehead atoms. The first kappa shape index (κ1) is 23.8. The van der Waals surface area contributed by atoms with Crippen LogP contribution in [0.5, 0.6) is 0 Å². The van der Waals surface area contributed by atoms with Gasteiger partial charge in [0.25, 0.3) is 0 Å². The number of para-hydroxylation sites is 2. The average Bonchev–Trinajstić information content (AvgIpc) is 3.61. The SMILES string of the molecule is N#Cc1cccc(-c2cc(-c3ccc4oc5ccccc5c4c3)cc(-c3ccc4oc5ccccc5c4c3)c2)c1C#N. The molecule has 2 heterocycles. The normalized spacial score (nSPS) is 11.3. The summed E-state index contributed by atoms with van der Waals surface area (Å²) in [4.78, 5) is 0. The summed E-state index contributed by atoms with van der Waals surface area (Å²) in [6.45, 7) is 0. The van der Waals surface area contributed by atoms with Crippen LogP contribution in [0.1, 0.15) is 11.1 Å². The Morgan fingerprint density at radius 3 is 1.48 bits per heavy atom. The van der Waals surface area contributed by atoms with Crippen LogP contribution in [0.25, 0.3) is 77.3 Å². The van der Waals surface area contributed by atoms with Crippen LogP contribution in [0, 0.1) is 22.7 Å². The van der Waals surface area contributed by atoms with Gasteiger partial charge in [0.2, 0.25) is 0 Å². The maximum atomic E-state index is 10.0. The molecule has 0 spiro atoms. The number of hydrogen-bond donors (Lipinski definition) is 0. The van der Waals surface area contributed by atoms with Crippen LogP contribution in [0.2, 0.25) is 0 Å². The summed E-state index contributed by atoms with van der Waals surface area (Å²) < 4.78 is 12.2. The van der Waals surface area contributed by atoms with Gasteiger partial charge in [-0.05, 0) is 88.5 Å². The van der Waals surface area contributed by atoms with Crippen LogP contribution in [0.4, 0.5) is 0 Å². The van der Waals surface area contributed by atoms with Crippen molar-refractivity contribution in [1.82, 2.24) is 0 Å². The molecule has 6 aromatic carbocycles. The Morgan fingerprint density at radius 2 is 0.929 bits per heavy atom. The molecule has 42 heavy (non-hydrogen) atoms. The van der Waals surface area contributed by atoms with Crippen molar-refractivity contribution in [3.05, 3.63) is 132 Å². The quantitative estimate of drug-likeness (QED) is 0.225. The Balaban J connectivity index is 1.39. The maximum Gasteiger partial charge on any atom is 0.135 e. The van der Waals surface area contributed by atoms with Gasteiger partial charge >= 0.3 is 0 Å². The molecule has 0 atom stereocenters. The van der Waals surface area contributed by atoms with Crippen molar-refractivity contribution in [2.75, 3.05) is 0 Å².